The number of aliphatic carboxylic acids is 1. The van der Waals surface area contributed by atoms with Crippen LogP contribution in [-0.4, -0.2) is 54.7 Å². The van der Waals surface area contributed by atoms with Gasteiger partial charge in [-0.25, -0.2) is 13.1 Å². The highest BCUT2D eigenvalue weighted by Crippen LogP contribution is 2.20. The zero-order valence-corrected chi connectivity index (χ0v) is 14.2. The summed E-state index contributed by atoms with van der Waals surface area (Å²) in [7, 11) is -3.69. The summed E-state index contributed by atoms with van der Waals surface area (Å²) in [6.45, 7) is 5.46. The van der Waals surface area contributed by atoms with Gasteiger partial charge in [-0.1, -0.05) is 13.8 Å². The highest BCUT2D eigenvalue weighted by molar-refractivity contribution is 7.89. The molecule has 0 aromatic rings. The number of nitrogens with zero attached hydrogens (tertiary/aromatic N) is 1. The number of rotatable bonds is 7. The Hall–Kier alpha value is -1.15. The fraction of sp³-hybridized carbons (Fsp3) is 0.857. The molecule has 0 bridgehead atoms. The predicted molar refractivity (Wildman–Crippen MR) is 82.8 cm³/mol. The lowest BCUT2D eigenvalue weighted by Gasteiger charge is -2.35. The van der Waals surface area contributed by atoms with Crippen molar-refractivity contribution in [2.24, 2.45) is 5.92 Å². The first-order chi connectivity index (χ1) is 10.1. The van der Waals surface area contributed by atoms with E-state index in [0.29, 0.717) is 13.0 Å². The maximum absolute atomic E-state index is 12.1. The fourth-order valence-corrected chi connectivity index (χ4v) is 4.19. The molecule has 7 nitrogen and oxygen atoms in total. The van der Waals surface area contributed by atoms with Crippen molar-refractivity contribution in [2.45, 2.75) is 58.5 Å². The lowest BCUT2D eigenvalue weighted by molar-refractivity contribution is -0.140. The van der Waals surface area contributed by atoms with Crippen LogP contribution in [0.3, 0.4) is 0 Å². The van der Waals surface area contributed by atoms with E-state index in [9.17, 15) is 18.0 Å². The highest BCUT2D eigenvalue weighted by Gasteiger charge is 2.29. The van der Waals surface area contributed by atoms with Gasteiger partial charge in [0.15, 0.2) is 0 Å². The lowest BCUT2D eigenvalue weighted by Crippen LogP contribution is -2.47. The third-order valence-corrected chi connectivity index (χ3v) is 5.38. The first-order valence-corrected chi connectivity index (χ1v) is 9.29. The van der Waals surface area contributed by atoms with E-state index in [1.807, 2.05) is 0 Å². The van der Waals surface area contributed by atoms with Crippen LogP contribution in [0.2, 0.25) is 0 Å². The summed E-state index contributed by atoms with van der Waals surface area (Å²) < 4.78 is 26.4. The molecule has 0 aromatic heterocycles. The van der Waals surface area contributed by atoms with Gasteiger partial charge in [-0.15, -0.1) is 0 Å². The van der Waals surface area contributed by atoms with Gasteiger partial charge in [0.2, 0.25) is 15.9 Å². The van der Waals surface area contributed by atoms with Crippen LogP contribution in [-0.2, 0) is 19.6 Å². The van der Waals surface area contributed by atoms with Crippen molar-refractivity contribution < 1.29 is 23.1 Å². The van der Waals surface area contributed by atoms with Crippen LogP contribution in [0.15, 0.2) is 0 Å². The molecule has 2 atom stereocenters. The molecule has 0 aliphatic carbocycles. The van der Waals surface area contributed by atoms with Gasteiger partial charge in [0.1, 0.15) is 6.04 Å². The topological polar surface area (TPSA) is 104 Å². The molecule has 1 unspecified atom stereocenters. The largest absolute Gasteiger partial charge is 0.480 e. The first kappa shape index (κ1) is 18.9. The van der Waals surface area contributed by atoms with Crippen LogP contribution in [0, 0.1) is 5.92 Å². The number of hydrogen-bond donors (Lipinski definition) is 2. The number of hydrogen-bond acceptors (Lipinski definition) is 4. The Morgan fingerprint density at radius 3 is 2.45 bits per heavy atom. The van der Waals surface area contributed by atoms with Crippen LogP contribution in [0.1, 0.15) is 46.5 Å². The molecule has 0 saturated carbocycles. The summed E-state index contributed by atoms with van der Waals surface area (Å²) in [5.74, 6) is -1.73. The van der Waals surface area contributed by atoms with Crippen LogP contribution in [0.5, 0.6) is 0 Å². The molecule has 0 aromatic carbocycles. The number of carboxylic acid groups (broad SMARTS) is 1. The molecule has 128 valence electrons. The van der Waals surface area contributed by atoms with Gasteiger partial charge in [-0.2, -0.15) is 0 Å². The Bertz CT molecular complexity index is 503. The monoisotopic (exact) mass is 334 g/mol. The number of carboxylic acids is 1. The normalized spacial score (nSPS) is 20.9. The van der Waals surface area contributed by atoms with E-state index < -0.39 is 22.0 Å². The highest BCUT2D eigenvalue weighted by atomic mass is 32.2. The van der Waals surface area contributed by atoms with E-state index in [4.69, 9.17) is 5.11 Å². The Labute approximate surface area is 132 Å². The van der Waals surface area contributed by atoms with Gasteiger partial charge in [0, 0.05) is 19.5 Å². The van der Waals surface area contributed by atoms with Crippen LogP contribution in [0.25, 0.3) is 0 Å². The zero-order chi connectivity index (χ0) is 16.9. The summed E-state index contributed by atoms with van der Waals surface area (Å²) in [6.07, 6.45) is 3.04. The summed E-state index contributed by atoms with van der Waals surface area (Å²) in [5, 5.41) is 9.06. The minimum Gasteiger partial charge on any atom is -0.480 e. The molecule has 1 heterocycles. The quantitative estimate of drug-likeness (QED) is 0.717. The van der Waals surface area contributed by atoms with E-state index in [2.05, 4.69) is 4.72 Å². The number of carbonyl (C=O) groups excluding carboxylic acids is 1. The minimum absolute atomic E-state index is 0.0411. The van der Waals surface area contributed by atoms with Crippen LogP contribution < -0.4 is 4.72 Å². The third-order valence-electron chi connectivity index (χ3n) is 3.99. The molecule has 1 aliphatic rings. The van der Waals surface area contributed by atoms with Gasteiger partial charge in [0.05, 0.1) is 5.75 Å². The van der Waals surface area contributed by atoms with E-state index in [1.54, 1.807) is 18.7 Å². The van der Waals surface area contributed by atoms with Crippen molar-refractivity contribution in [3.05, 3.63) is 0 Å². The van der Waals surface area contributed by atoms with Crippen molar-refractivity contribution in [1.29, 1.82) is 0 Å². The number of carbonyl (C=O) groups is 2. The fourth-order valence-electron chi connectivity index (χ4n) is 2.73. The lowest BCUT2D eigenvalue weighted by atomic mass is 10.00. The molecular formula is C14H26N2O5S. The van der Waals surface area contributed by atoms with E-state index >= 15 is 0 Å². The van der Waals surface area contributed by atoms with E-state index in [-0.39, 0.29) is 23.6 Å². The smallest absolute Gasteiger partial charge is 0.321 e. The van der Waals surface area contributed by atoms with Gasteiger partial charge in [-0.05, 0) is 31.6 Å². The van der Waals surface area contributed by atoms with Gasteiger partial charge >= 0.3 is 5.97 Å². The predicted octanol–water partition coefficient (Wildman–Crippen LogP) is 0.806. The second-order valence-corrected chi connectivity index (χ2v) is 8.02. The van der Waals surface area contributed by atoms with E-state index in [1.165, 1.54) is 6.92 Å². The molecule has 8 heteroatoms. The molecule has 1 aliphatic heterocycles. The van der Waals surface area contributed by atoms with Gasteiger partial charge in [0.25, 0.3) is 0 Å². The van der Waals surface area contributed by atoms with Crippen molar-refractivity contribution in [2.75, 3.05) is 12.3 Å². The molecule has 2 N–H and O–H groups in total. The molecule has 1 amide bonds. The molecule has 1 rings (SSSR count). The number of piperidine rings is 1. The standard InChI is InChI=1S/C14H26N2O5S/c1-10(2)13(14(18)19)15-22(20,21)9-7-12-6-4-5-8-16(12)11(3)17/h10,12-13,15H,4-9H2,1-3H3,(H,18,19)/t12?,13-/m0/s1. The maximum Gasteiger partial charge on any atom is 0.321 e. The van der Waals surface area contributed by atoms with E-state index in [0.717, 1.165) is 19.3 Å². The number of sulfonamides is 1. The number of likely N-dealkylation sites (tertiary alicyclic amines) is 1. The number of nitrogens with one attached hydrogen (secondary N) is 1. The van der Waals surface area contributed by atoms with Crippen molar-refractivity contribution in [3.8, 4) is 0 Å². The van der Waals surface area contributed by atoms with Gasteiger partial charge < -0.3 is 10.0 Å². The molecule has 1 fully saturated rings. The van der Waals surface area contributed by atoms with Crippen LogP contribution in [0.4, 0.5) is 0 Å². The SMILES string of the molecule is CC(=O)N1CCCCC1CCS(=O)(=O)N[C@H](C(=O)O)C(C)C. The summed E-state index contributed by atoms with van der Waals surface area (Å²) in [6, 6.07) is -1.20. The number of amides is 1. The molecule has 22 heavy (non-hydrogen) atoms. The molecule has 1 saturated heterocycles. The second-order valence-electron chi connectivity index (χ2n) is 6.15. The Morgan fingerprint density at radius 2 is 1.95 bits per heavy atom. The average molecular weight is 334 g/mol. The summed E-state index contributed by atoms with van der Waals surface area (Å²) >= 11 is 0. The van der Waals surface area contributed by atoms with Crippen molar-refractivity contribution >= 4 is 21.9 Å². The minimum atomic E-state index is -3.69. The summed E-state index contributed by atoms with van der Waals surface area (Å²) in [5.41, 5.74) is 0. The molecule has 0 radical (unpaired) electrons. The Kier molecular flexibility index (Phi) is 6.80. The maximum atomic E-state index is 12.1. The summed E-state index contributed by atoms with van der Waals surface area (Å²) in [4.78, 5) is 24.4. The first-order valence-electron chi connectivity index (χ1n) is 7.64. The Morgan fingerprint density at radius 1 is 1.32 bits per heavy atom. The van der Waals surface area contributed by atoms with Crippen LogP contribution >= 0.6 is 0 Å². The van der Waals surface area contributed by atoms with Crippen molar-refractivity contribution in [1.82, 2.24) is 9.62 Å². The zero-order valence-electron chi connectivity index (χ0n) is 13.4. The molecular weight excluding hydrogens is 308 g/mol. The molecule has 0 spiro atoms. The third kappa shape index (κ3) is 5.57. The van der Waals surface area contributed by atoms with Crippen molar-refractivity contribution in [3.63, 3.8) is 0 Å². The average Bonchev–Trinajstić information content (AvgIpc) is 2.42. The Balaban J connectivity index is 2.64. The second kappa shape index (κ2) is 7.92. The van der Waals surface area contributed by atoms with Gasteiger partial charge in [-0.3, -0.25) is 9.59 Å².